The molecule has 1 saturated heterocycles. The third kappa shape index (κ3) is 4.58. The lowest BCUT2D eigenvalue weighted by atomic mass is 9.86. The molecule has 0 aromatic carbocycles. The Hall–Kier alpha value is -0.610. The largest absolute Gasteiger partial charge is 0.375 e. The average molecular weight is 257 g/mol. The number of hydrogen-bond acceptors (Lipinski definition) is 3. The molecule has 4 nitrogen and oxygen atoms in total. The van der Waals surface area contributed by atoms with Gasteiger partial charge in [-0.2, -0.15) is 0 Å². The second-order valence-corrected chi connectivity index (χ2v) is 5.36. The zero-order chi connectivity index (χ0) is 13.6. The molecule has 1 unspecified atom stereocenters. The van der Waals surface area contributed by atoms with E-state index in [2.05, 4.69) is 19.2 Å². The van der Waals surface area contributed by atoms with Crippen molar-refractivity contribution >= 4 is 5.91 Å². The smallest absolute Gasteiger partial charge is 0.246 e. The Morgan fingerprint density at radius 3 is 2.67 bits per heavy atom. The Labute approximate surface area is 110 Å². The third-order valence-electron chi connectivity index (χ3n) is 3.69. The molecular formula is C14H27NO3. The molecule has 1 fully saturated rings. The summed E-state index contributed by atoms with van der Waals surface area (Å²) in [5.74, 6) is -0.0169. The molecule has 1 amide bonds. The number of carbonyl (C=O) groups is 1. The number of nitrogens with one attached hydrogen (secondary N) is 1. The van der Waals surface area contributed by atoms with E-state index in [1.165, 1.54) is 0 Å². The van der Waals surface area contributed by atoms with Crippen LogP contribution in [0.4, 0.5) is 0 Å². The molecule has 18 heavy (non-hydrogen) atoms. The molecule has 4 heteroatoms. The van der Waals surface area contributed by atoms with Crippen molar-refractivity contribution in [3.63, 3.8) is 0 Å². The Kier molecular flexibility index (Phi) is 6.09. The van der Waals surface area contributed by atoms with Gasteiger partial charge in [0.25, 0.3) is 0 Å². The molecule has 106 valence electrons. The number of carbonyl (C=O) groups excluding carboxylic acids is 1. The first-order valence-electron chi connectivity index (χ1n) is 7.06. The number of amides is 1. The summed E-state index contributed by atoms with van der Waals surface area (Å²) in [5.41, 5.74) is -0.0465. The van der Waals surface area contributed by atoms with Crippen LogP contribution in [0.2, 0.25) is 0 Å². The third-order valence-corrected chi connectivity index (χ3v) is 3.69. The molecule has 1 N–H and O–H groups in total. The normalized spacial score (nSPS) is 23.1. The van der Waals surface area contributed by atoms with E-state index in [-0.39, 0.29) is 30.3 Å². The van der Waals surface area contributed by atoms with Crippen LogP contribution in [0.5, 0.6) is 0 Å². The fraction of sp³-hybridized carbons (Fsp3) is 0.929. The molecule has 1 heterocycles. The highest BCUT2D eigenvalue weighted by Gasteiger charge is 2.34. The van der Waals surface area contributed by atoms with Crippen LogP contribution in [-0.2, 0) is 14.3 Å². The van der Waals surface area contributed by atoms with Gasteiger partial charge in [0.15, 0.2) is 0 Å². The summed E-state index contributed by atoms with van der Waals surface area (Å²) in [5, 5.41) is 3.05. The quantitative estimate of drug-likeness (QED) is 0.794. The summed E-state index contributed by atoms with van der Waals surface area (Å²) in [6.45, 7) is 9.05. The predicted octanol–water partition coefficient (Wildman–Crippen LogP) is 2.27. The zero-order valence-electron chi connectivity index (χ0n) is 12.1. The van der Waals surface area contributed by atoms with Gasteiger partial charge < -0.3 is 14.8 Å². The molecule has 1 atom stereocenters. The molecule has 0 radical (unpaired) electrons. The molecule has 0 bridgehead atoms. The monoisotopic (exact) mass is 257 g/mol. The van der Waals surface area contributed by atoms with Crippen LogP contribution < -0.4 is 5.32 Å². The Balaban J connectivity index is 2.40. The number of rotatable bonds is 6. The molecule has 1 aliphatic heterocycles. The molecule has 0 saturated carbocycles. The van der Waals surface area contributed by atoms with Crippen LogP contribution in [0, 0.1) is 0 Å². The van der Waals surface area contributed by atoms with Gasteiger partial charge in [-0.1, -0.05) is 13.8 Å². The first-order chi connectivity index (χ1) is 8.51. The van der Waals surface area contributed by atoms with E-state index in [9.17, 15) is 4.79 Å². The van der Waals surface area contributed by atoms with Crippen LogP contribution in [0.15, 0.2) is 0 Å². The van der Waals surface area contributed by atoms with Gasteiger partial charge in [0, 0.05) is 12.6 Å². The Bertz CT molecular complexity index is 262. The maximum absolute atomic E-state index is 11.7. The van der Waals surface area contributed by atoms with Crippen LogP contribution in [0.3, 0.4) is 0 Å². The summed E-state index contributed by atoms with van der Waals surface area (Å²) in [6, 6.07) is 0.224. The summed E-state index contributed by atoms with van der Waals surface area (Å²) >= 11 is 0. The van der Waals surface area contributed by atoms with E-state index < -0.39 is 0 Å². The maximum Gasteiger partial charge on any atom is 0.246 e. The second kappa shape index (κ2) is 7.10. The van der Waals surface area contributed by atoms with E-state index >= 15 is 0 Å². The maximum atomic E-state index is 11.7. The van der Waals surface area contributed by atoms with Gasteiger partial charge >= 0.3 is 0 Å². The standard InChI is InChI=1S/C14H27NO3/c1-5-14(6-2)9-12(7-8-18-14)15-13(16)10-17-11(3)4/h11-12H,5-10H2,1-4H3,(H,15,16). The first-order valence-corrected chi connectivity index (χ1v) is 7.06. The highest BCUT2D eigenvalue weighted by molar-refractivity contribution is 5.77. The van der Waals surface area contributed by atoms with E-state index in [1.54, 1.807) is 0 Å². The molecule has 1 rings (SSSR count). The van der Waals surface area contributed by atoms with Gasteiger partial charge in [0.1, 0.15) is 6.61 Å². The van der Waals surface area contributed by atoms with Gasteiger partial charge in [0.2, 0.25) is 5.91 Å². The zero-order valence-corrected chi connectivity index (χ0v) is 12.1. The molecule has 0 aromatic rings. The fourth-order valence-corrected chi connectivity index (χ4v) is 2.41. The highest BCUT2D eigenvalue weighted by Crippen LogP contribution is 2.31. The van der Waals surface area contributed by atoms with E-state index in [0.717, 1.165) is 32.3 Å². The van der Waals surface area contributed by atoms with E-state index in [1.807, 2.05) is 13.8 Å². The second-order valence-electron chi connectivity index (χ2n) is 5.36. The minimum Gasteiger partial charge on any atom is -0.375 e. The van der Waals surface area contributed by atoms with Crippen molar-refractivity contribution in [1.29, 1.82) is 0 Å². The fourth-order valence-electron chi connectivity index (χ4n) is 2.41. The summed E-state index contributed by atoms with van der Waals surface area (Å²) in [7, 11) is 0. The predicted molar refractivity (Wildman–Crippen MR) is 71.5 cm³/mol. The van der Waals surface area contributed by atoms with Gasteiger partial charge in [0.05, 0.1) is 11.7 Å². The SMILES string of the molecule is CCC1(CC)CC(NC(=O)COC(C)C)CCO1. The van der Waals surface area contributed by atoms with Crippen molar-refractivity contribution in [2.75, 3.05) is 13.2 Å². The molecular weight excluding hydrogens is 230 g/mol. The lowest BCUT2D eigenvalue weighted by molar-refractivity contribution is -0.131. The van der Waals surface area contributed by atoms with E-state index in [0.29, 0.717) is 0 Å². The minimum atomic E-state index is -0.0465. The molecule has 0 aromatic heterocycles. The highest BCUT2D eigenvalue weighted by atomic mass is 16.5. The lowest BCUT2D eigenvalue weighted by Crippen LogP contribution is -2.48. The van der Waals surface area contributed by atoms with Crippen LogP contribution >= 0.6 is 0 Å². The topological polar surface area (TPSA) is 47.6 Å². The van der Waals surface area contributed by atoms with Crippen molar-refractivity contribution in [3.05, 3.63) is 0 Å². The Morgan fingerprint density at radius 2 is 2.11 bits per heavy atom. The van der Waals surface area contributed by atoms with Gasteiger partial charge in [-0.05, 0) is 39.5 Å². The molecule has 0 spiro atoms. The number of ether oxygens (including phenoxy) is 2. The summed E-state index contributed by atoms with van der Waals surface area (Å²) in [4.78, 5) is 11.7. The van der Waals surface area contributed by atoms with Crippen molar-refractivity contribution in [2.24, 2.45) is 0 Å². The van der Waals surface area contributed by atoms with Gasteiger partial charge in [-0.15, -0.1) is 0 Å². The first kappa shape index (κ1) is 15.4. The van der Waals surface area contributed by atoms with E-state index in [4.69, 9.17) is 9.47 Å². The van der Waals surface area contributed by atoms with Crippen molar-refractivity contribution in [3.8, 4) is 0 Å². The van der Waals surface area contributed by atoms with Crippen molar-refractivity contribution in [2.45, 2.75) is 71.1 Å². The average Bonchev–Trinajstić information content (AvgIpc) is 2.36. The molecule has 0 aliphatic carbocycles. The van der Waals surface area contributed by atoms with Crippen LogP contribution in [-0.4, -0.2) is 36.9 Å². The lowest BCUT2D eigenvalue weighted by Gasteiger charge is -2.40. The van der Waals surface area contributed by atoms with Gasteiger partial charge in [-0.25, -0.2) is 0 Å². The number of hydrogen-bond donors (Lipinski definition) is 1. The van der Waals surface area contributed by atoms with Crippen LogP contribution in [0.1, 0.15) is 53.4 Å². The summed E-state index contributed by atoms with van der Waals surface area (Å²) < 4.78 is 11.2. The van der Waals surface area contributed by atoms with Gasteiger partial charge in [-0.3, -0.25) is 4.79 Å². The Morgan fingerprint density at radius 1 is 1.44 bits per heavy atom. The van der Waals surface area contributed by atoms with Crippen molar-refractivity contribution in [1.82, 2.24) is 5.32 Å². The van der Waals surface area contributed by atoms with Crippen LogP contribution in [0.25, 0.3) is 0 Å². The van der Waals surface area contributed by atoms with Crippen molar-refractivity contribution < 1.29 is 14.3 Å². The molecule has 1 aliphatic rings. The summed E-state index contributed by atoms with van der Waals surface area (Å²) in [6.07, 6.45) is 3.90. The minimum absolute atomic E-state index is 0.0169.